The molecule has 1 aromatic carbocycles. The van der Waals surface area contributed by atoms with Crippen molar-refractivity contribution < 1.29 is 14.3 Å². The molecule has 156 valence electrons. The number of piperidine rings is 1. The van der Waals surface area contributed by atoms with E-state index in [1.54, 1.807) is 15.8 Å². The number of rotatable bonds is 5. The average Bonchev–Trinajstić information content (AvgIpc) is 3.10. The van der Waals surface area contributed by atoms with Gasteiger partial charge in [0.1, 0.15) is 6.54 Å². The van der Waals surface area contributed by atoms with Crippen LogP contribution in [0.3, 0.4) is 0 Å². The molecule has 30 heavy (non-hydrogen) atoms. The Morgan fingerprint density at radius 2 is 1.87 bits per heavy atom. The number of ether oxygens (including phenoxy) is 1. The quantitative estimate of drug-likeness (QED) is 0.608. The molecule has 3 heterocycles. The Labute approximate surface area is 175 Å². The Morgan fingerprint density at radius 3 is 2.57 bits per heavy atom. The number of pyridine rings is 1. The van der Waals surface area contributed by atoms with Crippen molar-refractivity contribution in [3.63, 3.8) is 0 Å². The lowest BCUT2D eigenvalue weighted by Crippen LogP contribution is -2.42. The number of nitrogens with zero attached hydrogens (tertiary/aromatic N) is 4. The number of hydrogen-bond donors (Lipinski definition) is 0. The summed E-state index contributed by atoms with van der Waals surface area (Å²) in [4.78, 5) is 31.1. The second-order valence-electron chi connectivity index (χ2n) is 7.57. The van der Waals surface area contributed by atoms with Crippen molar-refractivity contribution >= 4 is 22.9 Å². The lowest BCUT2D eigenvalue weighted by Gasteiger charge is -2.30. The SMILES string of the molecule is CCOC(=O)C1CCN(C(=O)Cn2nc(C)c3c(-c4ccccc4)ccnc32)CC1. The Kier molecular flexibility index (Phi) is 5.79. The molecule has 0 saturated carbocycles. The predicted molar refractivity (Wildman–Crippen MR) is 114 cm³/mol. The van der Waals surface area contributed by atoms with Gasteiger partial charge in [-0.05, 0) is 43.9 Å². The normalized spacial score (nSPS) is 14.8. The molecule has 1 aliphatic rings. The van der Waals surface area contributed by atoms with Gasteiger partial charge in [0.25, 0.3) is 0 Å². The van der Waals surface area contributed by atoms with Gasteiger partial charge in [0, 0.05) is 24.7 Å². The van der Waals surface area contributed by atoms with E-state index in [9.17, 15) is 9.59 Å². The van der Waals surface area contributed by atoms with Crippen LogP contribution in [0.5, 0.6) is 0 Å². The van der Waals surface area contributed by atoms with E-state index in [2.05, 4.69) is 22.2 Å². The van der Waals surface area contributed by atoms with E-state index >= 15 is 0 Å². The predicted octanol–water partition coefficient (Wildman–Crippen LogP) is 3.21. The standard InChI is InChI=1S/C23H26N4O3/c1-3-30-23(29)18-10-13-26(14-11-18)20(28)15-27-22-21(16(2)25-27)19(9-12-24-22)17-7-5-4-6-8-17/h4-9,12,18H,3,10-11,13-15H2,1-2H3. The first kappa shape index (κ1) is 20.1. The molecule has 2 aromatic heterocycles. The Balaban J connectivity index is 1.51. The van der Waals surface area contributed by atoms with Crippen molar-refractivity contribution in [1.82, 2.24) is 19.7 Å². The summed E-state index contributed by atoms with van der Waals surface area (Å²) in [6, 6.07) is 12.1. The molecule has 1 fully saturated rings. The van der Waals surface area contributed by atoms with Crippen LogP contribution in [0.15, 0.2) is 42.6 Å². The van der Waals surface area contributed by atoms with E-state index in [0.717, 1.165) is 22.2 Å². The van der Waals surface area contributed by atoms with Gasteiger partial charge in [-0.25, -0.2) is 9.67 Å². The number of aryl methyl sites for hydroxylation is 1. The van der Waals surface area contributed by atoms with Crippen molar-refractivity contribution in [3.05, 3.63) is 48.3 Å². The van der Waals surface area contributed by atoms with E-state index in [-0.39, 0.29) is 24.3 Å². The fourth-order valence-electron chi connectivity index (χ4n) is 4.10. The molecule has 1 aliphatic heterocycles. The largest absolute Gasteiger partial charge is 0.466 e. The highest BCUT2D eigenvalue weighted by atomic mass is 16.5. The van der Waals surface area contributed by atoms with Crippen molar-refractivity contribution in [2.24, 2.45) is 5.92 Å². The van der Waals surface area contributed by atoms with Crippen LogP contribution in [-0.2, 0) is 20.9 Å². The summed E-state index contributed by atoms with van der Waals surface area (Å²) in [5, 5.41) is 5.58. The average molecular weight is 406 g/mol. The van der Waals surface area contributed by atoms with Gasteiger partial charge in [0.2, 0.25) is 5.91 Å². The number of hydrogen-bond acceptors (Lipinski definition) is 5. The highest BCUT2D eigenvalue weighted by Crippen LogP contribution is 2.29. The van der Waals surface area contributed by atoms with E-state index in [1.807, 2.05) is 38.1 Å². The maximum absolute atomic E-state index is 12.9. The molecule has 7 nitrogen and oxygen atoms in total. The Hall–Kier alpha value is -3.22. The summed E-state index contributed by atoms with van der Waals surface area (Å²) in [5.74, 6) is -0.276. The summed E-state index contributed by atoms with van der Waals surface area (Å²) in [6.45, 7) is 5.40. The summed E-state index contributed by atoms with van der Waals surface area (Å²) in [7, 11) is 0. The summed E-state index contributed by atoms with van der Waals surface area (Å²) >= 11 is 0. The lowest BCUT2D eigenvalue weighted by molar-refractivity contribution is -0.151. The van der Waals surface area contributed by atoms with Crippen molar-refractivity contribution in [1.29, 1.82) is 0 Å². The number of benzene rings is 1. The third-order valence-electron chi connectivity index (χ3n) is 5.65. The monoisotopic (exact) mass is 406 g/mol. The molecule has 0 spiro atoms. The molecule has 1 amide bonds. The summed E-state index contributed by atoms with van der Waals surface area (Å²) in [5.41, 5.74) is 3.72. The van der Waals surface area contributed by atoms with Crippen LogP contribution in [0.1, 0.15) is 25.5 Å². The molecule has 0 radical (unpaired) electrons. The zero-order valence-corrected chi connectivity index (χ0v) is 17.4. The first-order chi connectivity index (χ1) is 14.6. The van der Waals surface area contributed by atoms with Crippen LogP contribution in [-0.4, -0.2) is 51.2 Å². The van der Waals surface area contributed by atoms with Crippen LogP contribution in [0.25, 0.3) is 22.2 Å². The number of esters is 1. The van der Waals surface area contributed by atoms with E-state index < -0.39 is 0 Å². The van der Waals surface area contributed by atoms with E-state index in [1.165, 1.54) is 0 Å². The topological polar surface area (TPSA) is 77.3 Å². The van der Waals surface area contributed by atoms with Crippen molar-refractivity contribution in [3.8, 4) is 11.1 Å². The fourth-order valence-corrected chi connectivity index (χ4v) is 4.10. The van der Waals surface area contributed by atoms with Gasteiger partial charge in [0.05, 0.1) is 18.2 Å². The molecule has 0 N–H and O–H groups in total. The smallest absolute Gasteiger partial charge is 0.309 e. The van der Waals surface area contributed by atoms with Crippen LogP contribution in [0.2, 0.25) is 0 Å². The molecule has 1 saturated heterocycles. The Bertz CT molecular complexity index is 1050. The number of fused-ring (bicyclic) bond motifs is 1. The molecule has 3 aromatic rings. The summed E-state index contributed by atoms with van der Waals surface area (Å²) < 4.78 is 6.80. The Morgan fingerprint density at radius 1 is 1.13 bits per heavy atom. The number of carbonyl (C=O) groups is 2. The summed E-state index contributed by atoms with van der Waals surface area (Å²) in [6.07, 6.45) is 3.04. The molecule has 0 unspecified atom stereocenters. The number of amides is 1. The minimum atomic E-state index is -0.157. The zero-order valence-electron chi connectivity index (χ0n) is 17.4. The zero-order chi connectivity index (χ0) is 21.1. The minimum absolute atomic E-state index is 0.00590. The number of aromatic nitrogens is 3. The van der Waals surface area contributed by atoms with Crippen molar-refractivity contribution in [2.75, 3.05) is 19.7 Å². The van der Waals surface area contributed by atoms with Crippen LogP contribution < -0.4 is 0 Å². The maximum atomic E-state index is 12.9. The van der Waals surface area contributed by atoms with Gasteiger partial charge in [-0.3, -0.25) is 9.59 Å². The number of likely N-dealkylation sites (tertiary alicyclic amines) is 1. The molecular weight excluding hydrogens is 380 g/mol. The van der Waals surface area contributed by atoms with Crippen molar-refractivity contribution in [2.45, 2.75) is 33.2 Å². The highest BCUT2D eigenvalue weighted by molar-refractivity contribution is 5.95. The fraction of sp³-hybridized carbons (Fsp3) is 0.391. The molecule has 7 heteroatoms. The first-order valence-corrected chi connectivity index (χ1v) is 10.4. The van der Waals surface area contributed by atoms with Gasteiger partial charge in [-0.1, -0.05) is 30.3 Å². The van der Waals surface area contributed by atoms with Gasteiger partial charge >= 0.3 is 5.97 Å². The molecule has 4 rings (SSSR count). The second kappa shape index (κ2) is 8.65. The van der Waals surface area contributed by atoms with E-state index in [4.69, 9.17) is 4.74 Å². The lowest BCUT2D eigenvalue weighted by atomic mass is 9.97. The minimum Gasteiger partial charge on any atom is -0.466 e. The van der Waals surface area contributed by atoms with Gasteiger partial charge < -0.3 is 9.64 Å². The molecule has 0 atom stereocenters. The second-order valence-corrected chi connectivity index (χ2v) is 7.57. The molecular formula is C23H26N4O3. The van der Waals surface area contributed by atoms with Gasteiger partial charge in [0.15, 0.2) is 5.65 Å². The van der Waals surface area contributed by atoms with Crippen LogP contribution in [0, 0.1) is 12.8 Å². The van der Waals surface area contributed by atoms with Gasteiger partial charge in [-0.15, -0.1) is 0 Å². The third-order valence-corrected chi connectivity index (χ3v) is 5.65. The third kappa shape index (κ3) is 3.92. The first-order valence-electron chi connectivity index (χ1n) is 10.4. The molecule has 0 aliphatic carbocycles. The van der Waals surface area contributed by atoms with Crippen LogP contribution >= 0.6 is 0 Å². The molecule has 0 bridgehead atoms. The number of carbonyl (C=O) groups excluding carboxylic acids is 2. The highest BCUT2D eigenvalue weighted by Gasteiger charge is 2.28. The van der Waals surface area contributed by atoms with Gasteiger partial charge in [-0.2, -0.15) is 5.10 Å². The maximum Gasteiger partial charge on any atom is 0.309 e. The van der Waals surface area contributed by atoms with Crippen LogP contribution in [0.4, 0.5) is 0 Å². The van der Waals surface area contributed by atoms with E-state index in [0.29, 0.717) is 38.2 Å².